The van der Waals surface area contributed by atoms with Gasteiger partial charge in [-0.15, -0.1) is 10.2 Å². The topological polar surface area (TPSA) is 109 Å². The summed E-state index contributed by atoms with van der Waals surface area (Å²) in [6.45, 7) is 2.80. The van der Waals surface area contributed by atoms with Crippen LogP contribution in [-0.2, 0) is 16.1 Å². The second kappa shape index (κ2) is 9.15. The molecule has 152 valence electrons. The number of ether oxygens (including phenoxy) is 1. The second-order valence-corrected chi connectivity index (χ2v) is 6.76. The van der Waals surface area contributed by atoms with Crippen molar-refractivity contribution in [1.29, 1.82) is 5.26 Å². The largest absolute Gasteiger partial charge is 0.378 e. The molecule has 1 atom stereocenters. The number of benzene rings is 1. The van der Waals surface area contributed by atoms with Crippen LogP contribution in [0.1, 0.15) is 17.3 Å². The molecule has 1 aliphatic rings. The predicted octanol–water partition coefficient (Wildman–Crippen LogP) is 1.42. The zero-order chi connectivity index (χ0) is 20.8. The van der Waals surface area contributed by atoms with Gasteiger partial charge in [-0.05, 0) is 29.8 Å². The summed E-state index contributed by atoms with van der Waals surface area (Å²) in [5.74, 6) is -0.638. The van der Waals surface area contributed by atoms with Gasteiger partial charge in [-0.2, -0.15) is 5.26 Å². The lowest BCUT2D eigenvalue weighted by Gasteiger charge is -2.28. The summed E-state index contributed by atoms with van der Waals surface area (Å²) in [6, 6.07) is 15.2. The first-order valence-corrected chi connectivity index (χ1v) is 9.67. The molecule has 1 saturated heterocycles. The van der Waals surface area contributed by atoms with E-state index in [1.807, 2.05) is 42.5 Å². The van der Waals surface area contributed by atoms with Crippen LogP contribution in [0.4, 0.5) is 5.95 Å². The maximum atomic E-state index is 12.9. The highest BCUT2D eigenvalue weighted by atomic mass is 16.5. The Morgan fingerprint density at radius 1 is 1.13 bits per heavy atom. The highest BCUT2D eigenvalue weighted by Crippen LogP contribution is 2.25. The number of para-hydroxylation sites is 1. The van der Waals surface area contributed by atoms with Crippen molar-refractivity contribution >= 4 is 11.9 Å². The van der Waals surface area contributed by atoms with Gasteiger partial charge in [0, 0.05) is 32.0 Å². The van der Waals surface area contributed by atoms with Crippen LogP contribution in [0.25, 0.3) is 5.69 Å². The molecule has 4 rings (SSSR count). The molecule has 1 aromatic carbocycles. The van der Waals surface area contributed by atoms with E-state index in [2.05, 4.69) is 31.5 Å². The fraction of sp³-hybridized carbons (Fsp3) is 0.286. The number of carbonyl (C=O) groups excluding carboxylic acids is 1. The molecule has 1 amide bonds. The van der Waals surface area contributed by atoms with Crippen molar-refractivity contribution in [2.75, 3.05) is 31.2 Å². The molecule has 3 aromatic rings. The Balaban J connectivity index is 1.65. The molecule has 0 spiro atoms. The molecule has 0 unspecified atom stereocenters. The summed E-state index contributed by atoms with van der Waals surface area (Å²) in [5.41, 5.74) is 1.69. The summed E-state index contributed by atoms with van der Waals surface area (Å²) >= 11 is 0. The lowest BCUT2D eigenvalue weighted by molar-refractivity contribution is -0.121. The van der Waals surface area contributed by atoms with Crippen LogP contribution in [0.2, 0.25) is 0 Å². The fourth-order valence-corrected chi connectivity index (χ4v) is 3.29. The zero-order valence-corrected chi connectivity index (χ0v) is 16.3. The standard InChI is InChI=1S/C21H21N7O2/c22-14-18(20(29)24-15-16-6-8-23-9-7-16)19-25-26-21(27-10-12-30-13-11-27)28(19)17-4-2-1-3-5-17/h1-9,18H,10-13,15H2,(H,24,29)/t18-/m1/s1. The van der Waals surface area contributed by atoms with Gasteiger partial charge in [0.15, 0.2) is 11.7 Å². The van der Waals surface area contributed by atoms with Gasteiger partial charge < -0.3 is 15.0 Å². The maximum absolute atomic E-state index is 12.9. The number of amides is 1. The molecule has 3 heterocycles. The van der Waals surface area contributed by atoms with Crippen molar-refractivity contribution in [1.82, 2.24) is 25.1 Å². The molecular formula is C21H21N7O2. The Kier molecular flexibility index (Phi) is 5.96. The minimum absolute atomic E-state index is 0.289. The number of nitrogens with zero attached hydrogens (tertiary/aromatic N) is 6. The fourth-order valence-electron chi connectivity index (χ4n) is 3.29. The van der Waals surface area contributed by atoms with E-state index in [-0.39, 0.29) is 5.82 Å². The van der Waals surface area contributed by atoms with Gasteiger partial charge in [-0.3, -0.25) is 14.3 Å². The lowest BCUT2D eigenvalue weighted by atomic mass is 10.1. The van der Waals surface area contributed by atoms with E-state index in [9.17, 15) is 10.1 Å². The first-order chi connectivity index (χ1) is 14.8. The van der Waals surface area contributed by atoms with Gasteiger partial charge in [0.05, 0.1) is 25.0 Å². The molecule has 1 aliphatic heterocycles. The quantitative estimate of drug-likeness (QED) is 0.663. The first-order valence-electron chi connectivity index (χ1n) is 9.67. The van der Waals surface area contributed by atoms with E-state index in [0.717, 1.165) is 11.3 Å². The predicted molar refractivity (Wildman–Crippen MR) is 109 cm³/mol. The summed E-state index contributed by atoms with van der Waals surface area (Å²) in [5, 5.41) is 21.2. The molecule has 0 radical (unpaired) electrons. The highest BCUT2D eigenvalue weighted by molar-refractivity contribution is 5.85. The second-order valence-electron chi connectivity index (χ2n) is 6.76. The van der Waals surface area contributed by atoms with Gasteiger partial charge in [0.2, 0.25) is 11.9 Å². The summed E-state index contributed by atoms with van der Waals surface area (Å²) in [6.07, 6.45) is 3.31. The van der Waals surface area contributed by atoms with Crippen molar-refractivity contribution in [3.63, 3.8) is 0 Å². The Bertz CT molecular complexity index is 1020. The Labute approximate surface area is 173 Å². The lowest BCUT2D eigenvalue weighted by Crippen LogP contribution is -2.38. The van der Waals surface area contributed by atoms with Gasteiger partial charge >= 0.3 is 0 Å². The number of nitrogens with one attached hydrogen (secondary N) is 1. The number of nitriles is 1. The number of aromatic nitrogens is 4. The average molecular weight is 403 g/mol. The van der Waals surface area contributed by atoms with E-state index in [0.29, 0.717) is 38.8 Å². The van der Waals surface area contributed by atoms with Crippen LogP contribution in [0.3, 0.4) is 0 Å². The number of carbonyl (C=O) groups is 1. The SMILES string of the molecule is N#C[C@@H](C(=O)NCc1ccncc1)c1nnc(N2CCOCC2)n1-c1ccccc1. The molecular weight excluding hydrogens is 382 g/mol. The van der Waals surface area contributed by atoms with Crippen molar-refractivity contribution < 1.29 is 9.53 Å². The van der Waals surface area contributed by atoms with Crippen LogP contribution in [-0.4, -0.2) is 52.0 Å². The van der Waals surface area contributed by atoms with Crippen LogP contribution in [0, 0.1) is 11.3 Å². The number of hydrogen-bond donors (Lipinski definition) is 1. The third-order valence-electron chi connectivity index (χ3n) is 4.84. The van der Waals surface area contributed by atoms with E-state index in [1.165, 1.54) is 0 Å². The Morgan fingerprint density at radius 3 is 2.57 bits per heavy atom. The number of hydrogen-bond acceptors (Lipinski definition) is 7. The molecule has 9 nitrogen and oxygen atoms in total. The molecule has 0 aliphatic carbocycles. The monoisotopic (exact) mass is 403 g/mol. The van der Waals surface area contributed by atoms with Crippen LogP contribution in [0.5, 0.6) is 0 Å². The number of pyridine rings is 1. The molecule has 30 heavy (non-hydrogen) atoms. The van der Waals surface area contributed by atoms with Gasteiger partial charge in [0.1, 0.15) is 0 Å². The highest BCUT2D eigenvalue weighted by Gasteiger charge is 2.30. The van der Waals surface area contributed by atoms with Crippen molar-refractivity contribution in [2.45, 2.75) is 12.5 Å². The Hall–Kier alpha value is -3.77. The van der Waals surface area contributed by atoms with E-state index >= 15 is 0 Å². The van der Waals surface area contributed by atoms with E-state index < -0.39 is 11.8 Å². The van der Waals surface area contributed by atoms with Gasteiger partial charge in [-0.1, -0.05) is 18.2 Å². The minimum atomic E-state index is -1.10. The number of rotatable bonds is 6. The summed E-state index contributed by atoms with van der Waals surface area (Å²) in [4.78, 5) is 18.9. The normalized spacial score (nSPS) is 14.7. The van der Waals surface area contributed by atoms with Crippen LogP contribution >= 0.6 is 0 Å². The molecule has 2 aromatic heterocycles. The van der Waals surface area contributed by atoms with Crippen molar-refractivity contribution in [3.8, 4) is 11.8 Å². The van der Waals surface area contributed by atoms with Crippen molar-refractivity contribution in [3.05, 3.63) is 66.2 Å². The third-order valence-corrected chi connectivity index (χ3v) is 4.84. The zero-order valence-electron chi connectivity index (χ0n) is 16.3. The number of anilines is 1. The smallest absolute Gasteiger partial charge is 0.245 e. The maximum Gasteiger partial charge on any atom is 0.245 e. The van der Waals surface area contributed by atoms with Gasteiger partial charge in [-0.25, -0.2) is 0 Å². The molecule has 1 N–H and O–H groups in total. The Morgan fingerprint density at radius 2 is 1.87 bits per heavy atom. The first kappa shape index (κ1) is 19.5. The van der Waals surface area contributed by atoms with Gasteiger partial charge in [0.25, 0.3) is 0 Å². The number of morpholine rings is 1. The van der Waals surface area contributed by atoms with E-state index in [4.69, 9.17) is 4.74 Å². The minimum Gasteiger partial charge on any atom is -0.378 e. The summed E-state index contributed by atoms with van der Waals surface area (Å²) in [7, 11) is 0. The van der Waals surface area contributed by atoms with Crippen LogP contribution in [0.15, 0.2) is 54.9 Å². The van der Waals surface area contributed by atoms with E-state index in [1.54, 1.807) is 17.0 Å². The average Bonchev–Trinajstić information content (AvgIpc) is 3.25. The molecule has 0 bridgehead atoms. The van der Waals surface area contributed by atoms with Crippen LogP contribution < -0.4 is 10.2 Å². The molecule has 9 heteroatoms. The van der Waals surface area contributed by atoms with Crippen molar-refractivity contribution in [2.24, 2.45) is 0 Å². The molecule has 0 saturated carbocycles. The third kappa shape index (κ3) is 4.14. The summed E-state index contributed by atoms with van der Waals surface area (Å²) < 4.78 is 7.22. The molecule has 1 fully saturated rings.